The Bertz CT molecular complexity index is 5920. The lowest BCUT2D eigenvalue weighted by Gasteiger charge is -2.31. The average molecular weight is 1490 g/mol. The van der Waals surface area contributed by atoms with Gasteiger partial charge in [-0.15, -0.1) is 0 Å². The van der Waals surface area contributed by atoms with E-state index < -0.39 is 60.6 Å². The van der Waals surface area contributed by atoms with E-state index in [0.717, 1.165) is 62.1 Å². The van der Waals surface area contributed by atoms with Gasteiger partial charge in [0, 0.05) is 134 Å². The van der Waals surface area contributed by atoms with Gasteiger partial charge in [-0.1, -0.05) is 60.7 Å². The highest BCUT2D eigenvalue weighted by atomic mass is 32.2. The molecular formula is C76H74F3N11O14S2. The zero-order valence-electron chi connectivity index (χ0n) is 57.4. The molecule has 1 atom stereocenters. The Kier molecular flexibility index (Phi) is 22.0. The molecular weight excluding hydrogens is 1410 g/mol. The van der Waals surface area contributed by atoms with Crippen molar-refractivity contribution in [2.75, 3.05) is 119 Å². The summed E-state index contributed by atoms with van der Waals surface area (Å²) >= 11 is 0. The number of H-pyrrole nitrogens is 4. The van der Waals surface area contributed by atoms with Gasteiger partial charge in [0.1, 0.15) is 23.5 Å². The SMILES string of the molecule is CN1CCN(S(=O)(=O)c2ccc3c(c2)[nH]c(=O)c2cc(F)ccc23)CC1.O=C(NCCN1CCOCC1)c1ccc2c(c1)[nH]c(=O)c1cc(F)ccc12.O=C(O)[C@H]1CCCN1C(=O)c1ccc2c(c1)[nH]c(=O)c1ccccc12.O=c1[nH]c2cc(S(=O)(=O)NCCN3CCOCC3)ccc2c2ccc(F)cc12. The number of hydrogen-bond acceptors (Lipinski definition) is 16. The highest BCUT2D eigenvalue weighted by molar-refractivity contribution is 7.89. The molecule has 106 heavy (non-hydrogen) atoms. The molecule has 0 spiro atoms. The molecule has 0 saturated carbocycles. The number of rotatable bonds is 13. The molecule has 550 valence electrons. The maximum absolute atomic E-state index is 13.4. The first-order valence-electron chi connectivity index (χ1n) is 34.4. The molecule has 25 nitrogen and oxygen atoms in total. The number of fused-ring (bicyclic) bond motifs is 12. The van der Waals surface area contributed by atoms with Gasteiger partial charge in [-0.2, -0.15) is 4.31 Å². The summed E-state index contributed by atoms with van der Waals surface area (Å²) in [6.45, 7) is 11.0. The number of likely N-dealkylation sites (N-methyl/N-ethyl adjacent to an activating group) is 1. The molecule has 8 heterocycles. The van der Waals surface area contributed by atoms with Crippen LogP contribution >= 0.6 is 0 Å². The van der Waals surface area contributed by atoms with Crippen molar-refractivity contribution < 1.29 is 59.0 Å². The van der Waals surface area contributed by atoms with E-state index in [1.54, 1.807) is 66.7 Å². The molecule has 0 aliphatic carbocycles. The molecule has 7 N–H and O–H groups in total. The molecule has 4 fully saturated rings. The fourth-order valence-electron chi connectivity index (χ4n) is 13.7. The van der Waals surface area contributed by atoms with E-state index in [1.807, 2.05) is 19.2 Å². The van der Waals surface area contributed by atoms with Gasteiger partial charge < -0.3 is 49.6 Å². The minimum Gasteiger partial charge on any atom is -0.480 e. The van der Waals surface area contributed by atoms with Crippen LogP contribution in [0, 0.1) is 17.5 Å². The van der Waals surface area contributed by atoms with Gasteiger partial charge in [0.15, 0.2) is 0 Å². The Morgan fingerprint density at radius 2 is 0.887 bits per heavy atom. The lowest BCUT2D eigenvalue weighted by Crippen LogP contribution is -2.47. The number of carbonyl (C=O) groups is 3. The smallest absolute Gasteiger partial charge is 0.326 e. The zero-order valence-corrected chi connectivity index (χ0v) is 59.0. The second-order valence-corrected chi connectivity index (χ2v) is 29.8. The molecule has 4 aliphatic heterocycles. The minimum atomic E-state index is -3.72. The predicted molar refractivity (Wildman–Crippen MR) is 398 cm³/mol. The number of aliphatic carboxylic acids is 1. The number of aromatic amines is 4. The van der Waals surface area contributed by atoms with Crippen LogP contribution in [0.3, 0.4) is 0 Å². The van der Waals surface area contributed by atoms with Crippen molar-refractivity contribution in [2.24, 2.45) is 0 Å². The summed E-state index contributed by atoms with van der Waals surface area (Å²) in [6.07, 6.45) is 1.15. The molecule has 30 heteroatoms. The summed E-state index contributed by atoms with van der Waals surface area (Å²) in [4.78, 5) is 104. The molecule has 8 aromatic carbocycles. The Morgan fingerprint density at radius 3 is 1.40 bits per heavy atom. The maximum atomic E-state index is 13.4. The predicted octanol–water partition coefficient (Wildman–Crippen LogP) is 7.44. The van der Waals surface area contributed by atoms with Crippen molar-refractivity contribution >= 4 is 125 Å². The lowest BCUT2D eigenvalue weighted by atomic mass is 10.0. The number of carboxylic acids is 1. The third kappa shape index (κ3) is 16.1. The van der Waals surface area contributed by atoms with E-state index in [-0.39, 0.29) is 50.0 Å². The maximum Gasteiger partial charge on any atom is 0.326 e. The number of pyridine rings is 4. The number of nitrogens with one attached hydrogen (secondary N) is 6. The lowest BCUT2D eigenvalue weighted by molar-refractivity contribution is -0.141. The number of sulfonamides is 2. The van der Waals surface area contributed by atoms with Gasteiger partial charge in [-0.25, -0.2) is 39.5 Å². The molecule has 0 radical (unpaired) electrons. The third-order valence-corrected chi connectivity index (χ3v) is 22.7. The molecule has 4 aromatic heterocycles. The third-order valence-electron chi connectivity index (χ3n) is 19.4. The molecule has 16 rings (SSSR count). The van der Waals surface area contributed by atoms with E-state index >= 15 is 0 Å². The minimum absolute atomic E-state index is 0.0686. The Labute approximate surface area is 603 Å². The van der Waals surface area contributed by atoms with Crippen molar-refractivity contribution in [3.05, 3.63) is 222 Å². The molecule has 0 unspecified atom stereocenters. The number of piperazine rings is 1. The quantitative estimate of drug-likeness (QED) is 0.0551. The molecule has 12 aromatic rings. The summed E-state index contributed by atoms with van der Waals surface area (Å²) in [5.74, 6) is -2.93. The summed E-state index contributed by atoms with van der Waals surface area (Å²) in [5, 5.41) is 19.1. The van der Waals surface area contributed by atoms with Crippen molar-refractivity contribution in [1.29, 1.82) is 0 Å². The highest BCUT2D eigenvalue weighted by Crippen LogP contribution is 2.30. The Balaban J connectivity index is 0.000000125. The molecule has 4 aliphatic rings. The molecule has 0 bridgehead atoms. The van der Waals surface area contributed by atoms with Crippen LogP contribution in [0.15, 0.2) is 181 Å². The van der Waals surface area contributed by atoms with Crippen LogP contribution in [0.1, 0.15) is 33.6 Å². The van der Waals surface area contributed by atoms with Crippen LogP contribution in [0.4, 0.5) is 13.2 Å². The molecule has 4 saturated heterocycles. The Hall–Kier alpha value is -10.5. The van der Waals surface area contributed by atoms with Crippen LogP contribution < -0.4 is 32.3 Å². The first-order valence-corrected chi connectivity index (χ1v) is 37.3. The number of carboxylic acid groups (broad SMARTS) is 1. The normalized spacial score (nSPS) is 16.4. The topological polar surface area (TPSA) is 330 Å². The number of benzene rings is 8. The Morgan fingerprint density at radius 1 is 0.472 bits per heavy atom. The number of ether oxygens (including phenoxy) is 2. The van der Waals surface area contributed by atoms with E-state index in [1.165, 1.54) is 82.0 Å². The van der Waals surface area contributed by atoms with Gasteiger partial charge in [0.05, 0.1) is 63.4 Å². The van der Waals surface area contributed by atoms with E-state index in [2.05, 4.69) is 44.7 Å². The first kappa shape index (κ1) is 73.8. The van der Waals surface area contributed by atoms with Crippen LogP contribution in [-0.4, -0.2) is 208 Å². The van der Waals surface area contributed by atoms with Crippen LogP contribution in [0.2, 0.25) is 0 Å². The first-order chi connectivity index (χ1) is 51.0. The summed E-state index contributed by atoms with van der Waals surface area (Å²) in [5.41, 5.74) is 1.30. The average Bonchev–Trinajstić information content (AvgIpc) is 0.854. The number of halogens is 3. The number of amides is 2. The number of likely N-dealkylation sites (tertiary alicyclic amines) is 1. The second kappa shape index (κ2) is 31.6. The number of nitrogens with zero attached hydrogens (tertiary/aromatic N) is 5. The van der Waals surface area contributed by atoms with Gasteiger partial charge in [-0.05, 0) is 132 Å². The van der Waals surface area contributed by atoms with Crippen LogP contribution in [-0.2, 0) is 34.3 Å². The summed E-state index contributed by atoms with van der Waals surface area (Å²) < 4.78 is 106. The van der Waals surface area contributed by atoms with Crippen LogP contribution in [0.5, 0.6) is 0 Å². The van der Waals surface area contributed by atoms with Crippen molar-refractivity contribution in [1.82, 2.24) is 53.9 Å². The largest absolute Gasteiger partial charge is 0.480 e. The van der Waals surface area contributed by atoms with E-state index in [9.17, 15) is 68.7 Å². The summed E-state index contributed by atoms with van der Waals surface area (Å²) in [7, 11) is -5.38. The van der Waals surface area contributed by atoms with Gasteiger partial charge in [0.25, 0.3) is 34.1 Å². The van der Waals surface area contributed by atoms with Gasteiger partial charge in [-0.3, -0.25) is 38.6 Å². The highest BCUT2D eigenvalue weighted by Gasteiger charge is 2.35. The van der Waals surface area contributed by atoms with Crippen molar-refractivity contribution in [2.45, 2.75) is 28.7 Å². The number of morpholine rings is 2. The molecule has 2 amide bonds. The number of carbonyl (C=O) groups excluding carboxylic acids is 2. The van der Waals surface area contributed by atoms with Crippen LogP contribution in [0.25, 0.3) is 86.7 Å². The number of aromatic nitrogens is 4. The standard InChI is InChI=1S/C20H20FN3O3.C19H20FN3O4S.C19H16N2O4.C18H18FN3O3S/c21-14-2-4-15-16-3-1-13(11-18(16)23-20(26)17(15)12-14)19(25)22-5-6-24-7-9-27-10-8-24;20-13-1-3-15-16-4-2-14(12-18(16)22-19(24)17(15)11-13)28(25,26)21-5-6-23-7-9-27-10-8-23;22-17-14-5-2-1-4-12(14)13-8-7-11(10-15(13)20-17)18(23)21-9-3-6-16(21)19(24)25;1-21-6-8-22(9-7-21)26(24,25)13-3-5-15-14-4-2-12(19)10-16(14)18(23)20-17(15)11-13/h1-4,11-12H,5-10H2,(H,22,25)(H,23,26);1-4,11-12,21H,5-10H2,(H,22,24);1-2,4-5,7-8,10,16H,3,6,9H2,(H,20,22)(H,24,25);2-5,10-11H,6-9H2,1H3,(H,20,23)/t;;16-;/m..1./s1. The zero-order chi connectivity index (χ0) is 74.6. The number of hydrogen-bond donors (Lipinski definition) is 7. The van der Waals surface area contributed by atoms with Crippen molar-refractivity contribution in [3.63, 3.8) is 0 Å². The van der Waals surface area contributed by atoms with E-state index in [0.29, 0.717) is 143 Å². The fraction of sp³-hybridized carbons (Fsp3) is 0.276. The van der Waals surface area contributed by atoms with Gasteiger partial charge >= 0.3 is 5.97 Å². The van der Waals surface area contributed by atoms with E-state index in [4.69, 9.17) is 9.47 Å². The second-order valence-electron chi connectivity index (χ2n) is 26.1. The fourth-order valence-corrected chi connectivity index (χ4v) is 16.2. The summed E-state index contributed by atoms with van der Waals surface area (Å²) in [6, 6.07) is 38.1. The monoisotopic (exact) mass is 1490 g/mol. The van der Waals surface area contributed by atoms with Gasteiger partial charge in [0.2, 0.25) is 20.0 Å². The van der Waals surface area contributed by atoms with Crippen molar-refractivity contribution in [3.8, 4) is 0 Å².